The van der Waals surface area contributed by atoms with Gasteiger partial charge in [-0.25, -0.2) is 9.97 Å². The quantitative estimate of drug-likeness (QED) is 0.719. The van der Waals surface area contributed by atoms with Crippen LogP contribution in [0.3, 0.4) is 0 Å². The number of hydrogen-bond acceptors (Lipinski definition) is 5. The Morgan fingerprint density at radius 3 is 2.47 bits per heavy atom. The predicted octanol–water partition coefficient (Wildman–Crippen LogP) is 0.978. The van der Waals surface area contributed by atoms with E-state index in [0.717, 1.165) is 13.0 Å². The topological polar surface area (TPSA) is 70.2 Å². The third kappa shape index (κ3) is 6.15. The van der Waals surface area contributed by atoms with E-state index >= 15 is 0 Å². The third-order valence-corrected chi connectivity index (χ3v) is 2.40. The largest absolute Gasteiger partial charge is 0.352 e. The first-order valence-corrected chi connectivity index (χ1v) is 6.50. The smallest absolute Gasteiger partial charge is 0.254 e. The summed E-state index contributed by atoms with van der Waals surface area (Å²) in [4.78, 5) is 22.1. The van der Waals surface area contributed by atoms with Gasteiger partial charge in [0, 0.05) is 25.0 Å². The molecule has 0 atom stereocenters. The van der Waals surface area contributed by atoms with Crippen molar-refractivity contribution in [3.63, 3.8) is 0 Å². The van der Waals surface area contributed by atoms with Crippen LogP contribution in [0.2, 0.25) is 0 Å². The first-order valence-electron chi connectivity index (χ1n) is 6.50. The van der Waals surface area contributed by atoms with E-state index in [1.54, 1.807) is 12.4 Å². The molecule has 1 rings (SSSR count). The monoisotopic (exact) mass is 265 g/mol. The Labute approximate surface area is 114 Å². The normalized spacial score (nSPS) is 10.8. The molecule has 0 unspecified atom stereocenters. The second-order valence-corrected chi connectivity index (χ2v) is 5.01. The molecule has 0 spiro atoms. The lowest BCUT2D eigenvalue weighted by atomic mass is 10.3. The van der Waals surface area contributed by atoms with Gasteiger partial charge in [0.2, 0.25) is 5.95 Å². The minimum Gasteiger partial charge on any atom is -0.352 e. The number of carbonyl (C=O) groups is 1. The molecular weight excluding hydrogens is 242 g/mol. The average Bonchev–Trinajstić information content (AvgIpc) is 2.34. The zero-order chi connectivity index (χ0) is 14.3. The molecule has 106 valence electrons. The Kier molecular flexibility index (Phi) is 6.21. The van der Waals surface area contributed by atoms with Gasteiger partial charge in [0.25, 0.3) is 5.91 Å². The summed E-state index contributed by atoms with van der Waals surface area (Å²) in [6, 6.07) is 0.269. The Bertz CT molecular complexity index is 389. The molecule has 1 heterocycles. The van der Waals surface area contributed by atoms with Gasteiger partial charge in [0.15, 0.2) is 0 Å². The number of amides is 1. The summed E-state index contributed by atoms with van der Waals surface area (Å²) < 4.78 is 0. The van der Waals surface area contributed by atoms with Crippen molar-refractivity contribution in [3.8, 4) is 0 Å². The van der Waals surface area contributed by atoms with Crippen LogP contribution in [0.4, 0.5) is 5.95 Å². The van der Waals surface area contributed by atoms with E-state index < -0.39 is 0 Å². The van der Waals surface area contributed by atoms with Gasteiger partial charge in [0.05, 0.1) is 5.56 Å². The van der Waals surface area contributed by atoms with Gasteiger partial charge in [0.1, 0.15) is 0 Å². The lowest BCUT2D eigenvalue weighted by Gasteiger charge is -2.10. The lowest BCUT2D eigenvalue weighted by molar-refractivity contribution is 0.0951. The molecule has 0 aromatic carbocycles. The lowest BCUT2D eigenvalue weighted by Crippen LogP contribution is -2.27. The standard InChI is InChI=1S/C13H23N5O/c1-10(2)17-13-15-8-11(9-16-13)12(19)14-6-5-7-18(3)4/h8-10H,5-7H2,1-4H3,(H,14,19)(H,15,16,17). The molecule has 2 N–H and O–H groups in total. The van der Waals surface area contributed by atoms with Crippen molar-refractivity contribution >= 4 is 11.9 Å². The number of aromatic nitrogens is 2. The number of carbonyl (C=O) groups excluding carboxylic acids is 1. The van der Waals surface area contributed by atoms with E-state index in [9.17, 15) is 4.79 Å². The molecule has 1 aromatic heterocycles. The number of nitrogens with one attached hydrogen (secondary N) is 2. The first-order chi connectivity index (χ1) is 8.99. The highest BCUT2D eigenvalue weighted by molar-refractivity contribution is 5.93. The van der Waals surface area contributed by atoms with Gasteiger partial charge < -0.3 is 15.5 Å². The van der Waals surface area contributed by atoms with Crippen LogP contribution in [0.15, 0.2) is 12.4 Å². The summed E-state index contributed by atoms with van der Waals surface area (Å²) in [7, 11) is 4.02. The SMILES string of the molecule is CC(C)Nc1ncc(C(=O)NCCCN(C)C)cn1. The highest BCUT2D eigenvalue weighted by atomic mass is 16.1. The second-order valence-electron chi connectivity index (χ2n) is 5.01. The summed E-state index contributed by atoms with van der Waals surface area (Å²) in [6.45, 7) is 5.63. The first kappa shape index (κ1) is 15.4. The van der Waals surface area contributed by atoms with Gasteiger partial charge in [-0.05, 0) is 40.9 Å². The third-order valence-electron chi connectivity index (χ3n) is 2.40. The van der Waals surface area contributed by atoms with Crippen molar-refractivity contribution in [1.82, 2.24) is 20.2 Å². The zero-order valence-corrected chi connectivity index (χ0v) is 12.1. The fourth-order valence-electron chi connectivity index (χ4n) is 1.48. The van der Waals surface area contributed by atoms with E-state index in [0.29, 0.717) is 18.1 Å². The number of nitrogens with zero attached hydrogens (tertiary/aromatic N) is 3. The molecule has 6 nitrogen and oxygen atoms in total. The maximum absolute atomic E-state index is 11.8. The Morgan fingerprint density at radius 2 is 1.95 bits per heavy atom. The van der Waals surface area contributed by atoms with Crippen LogP contribution < -0.4 is 10.6 Å². The van der Waals surface area contributed by atoms with Crippen LogP contribution in [0.1, 0.15) is 30.6 Å². The van der Waals surface area contributed by atoms with Crippen molar-refractivity contribution in [2.24, 2.45) is 0 Å². The minimum atomic E-state index is -0.130. The van der Waals surface area contributed by atoms with Gasteiger partial charge in [-0.15, -0.1) is 0 Å². The number of rotatable bonds is 7. The van der Waals surface area contributed by atoms with Crippen LogP contribution in [0.5, 0.6) is 0 Å². The molecule has 0 saturated carbocycles. The van der Waals surface area contributed by atoms with Gasteiger partial charge in [-0.3, -0.25) is 4.79 Å². The fourth-order valence-corrected chi connectivity index (χ4v) is 1.48. The van der Waals surface area contributed by atoms with Crippen LogP contribution in [0, 0.1) is 0 Å². The van der Waals surface area contributed by atoms with Gasteiger partial charge >= 0.3 is 0 Å². The summed E-state index contributed by atoms with van der Waals surface area (Å²) >= 11 is 0. The van der Waals surface area contributed by atoms with Crippen LogP contribution in [-0.2, 0) is 0 Å². The Balaban J connectivity index is 2.40. The van der Waals surface area contributed by atoms with E-state index in [1.165, 1.54) is 0 Å². The molecule has 0 aliphatic rings. The average molecular weight is 265 g/mol. The molecule has 0 aliphatic heterocycles. The molecule has 1 aromatic rings. The summed E-state index contributed by atoms with van der Waals surface area (Å²) in [6.07, 6.45) is 4.00. The van der Waals surface area contributed by atoms with Crippen molar-refractivity contribution in [2.75, 3.05) is 32.5 Å². The van der Waals surface area contributed by atoms with Crippen molar-refractivity contribution in [2.45, 2.75) is 26.3 Å². The van der Waals surface area contributed by atoms with Gasteiger partial charge in [-0.1, -0.05) is 0 Å². The van der Waals surface area contributed by atoms with E-state index in [2.05, 4.69) is 25.5 Å². The molecule has 6 heteroatoms. The Morgan fingerprint density at radius 1 is 1.32 bits per heavy atom. The summed E-state index contributed by atoms with van der Waals surface area (Å²) in [5.41, 5.74) is 0.485. The van der Waals surface area contributed by atoms with E-state index in [-0.39, 0.29) is 11.9 Å². The van der Waals surface area contributed by atoms with E-state index in [4.69, 9.17) is 0 Å². The van der Waals surface area contributed by atoms with Crippen LogP contribution >= 0.6 is 0 Å². The molecular formula is C13H23N5O. The van der Waals surface area contributed by atoms with Crippen molar-refractivity contribution in [1.29, 1.82) is 0 Å². The molecule has 1 amide bonds. The Hall–Kier alpha value is -1.69. The molecule has 0 saturated heterocycles. The highest BCUT2D eigenvalue weighted by Crippen LogP contribution is 2.01. The predicted molar refractivity (Wildman–Crippen MR) is 76.3 cm³/mol. The molecule has 0 fully saturated rings. The number of anilines is 1. The summed E-state index contributed by atoms with van der Waals surface area (Å²) in [5.74, 6) is 0.411. The molecule has 0 radical (unpaired) electrons. The van der Waals surface area contributed by atoms with Gasteiger partial charge in [-0.2, -0.15) is 0 Å². The van der Waals surface area contributed by atoms with Crippen molar-refractivity contribution < 1.29 is 4.79 Å². The van der Waals surface area contributed by atoms with Crippen LogP contribution in [0.25, 0.3) is 0 Å². The summed E-state index contributed by atoms with van der Waals surface area (Å²) in [5, 5.41) is 5.92. The molecule has 19 heavy (non-hydrogen) atoms. The zero-order valence-electron chi connectivity index (χ0n) is 12.1. The van der Waals surface area contributed by atoms with Crippen molar-refractivity contribution in [3.05, 3.63) is 18.0 Å². The number of hydrogen-bond donors (Lipinski definition) is 2. The fraction of sp³-hybridized carbons (Fsp3) is 0.615. The molecule has 0 bridgehead atoms. The molecule has 0 aliphatic carbocycles. The second kappa shape index (κ2) is 7.68. The highest BCUT2D eigenvalue weighted by Gasteiger charge is 2.06. The maximum atomic E-state index is 11.8. The minimum absolute atomic E-state index is 0.130. The maximum Gasteiger partial charge on any atom is 0.254 e. The van der Waals surface area contributed by atoms with E-state index in [1.807, 2.05) is 27.9 Å². The van der Waals surface area contributed by atoms with Crippen LogP contribution in [-0.4, -0.2) is 54.0 Å².